The molecule has 0 unspecified atom stereocenters. The summed E-state index contributed by atoms with van der Waals surface area (Å²) in [7, 11) is 0. The fourth-order valence-corrected chi connectivity index (χ4v) is 2.34. The summed E-state index contributed by atoms with van der Waals surface area (Å²) in [6.07, 6.45) is 3.93. The first-order chi connectivity index (χ1) is 7.75. The summed E-state index contributed by atoms with van der Waals surface area (Å²) in [6.45, 7) is 5.51. The van der Waals surface area contributed by atoms with Crippen molar-refractivity contribution < 1.29 is 19.4 Å². The highest BCUT2D eigenvalue weighted by Crippen LogP contribution is 2.43. The highest BCUT2D eigenvalue weighted by molar-refractivity contribution is 5.78. The van der Waals surface area contributed by atoms with Gasteiger partial charge in [0.1, 0.15) is 5.60 Å². The van der Waals surface area contributed by atoms with Crippen LogP contribution in [0.4, 0.5) is 0 Å². The molecule has 0 aliphatic heterocycles. The lowest BCUT2D eigenvalue weighted by Crippen LogP contribution is -2.36. The Kier molecular flexibility index (Phi) is 4.17. The summed E-state index contributed by atoms with van der Waals surface area (Å²) in [4.78, 5) is 22.8. The molecule has 0 amide bonds. The van der Waals surface area contributed by atoms with Gasteiger partial charge in [0.15, 0.2) is 0 Å². The zero-order valence-corrected chi connectivity index (χ0v) is 10.9. The Hall–Kier alpha value is -1.06. The Morgan fingerprint density at radius 3 is 2.18 bits per heavy atom. The van der Waals surface area contributed by atoms with E-state index in [2.05, 4.69) is 0 Å². The van der Waals surface area contributed by atoms with E-state index in [1.807, 2.05) is 20.8 Å². The van der Waals surface area contributed by atoms with E-state index in [9.17, 15) is 9.59 Å². The predicted molar refractivity (Wildman–Crippen MR) is 63.6 cm³/mol. The van der Waals surface area contributed by atoms with Crippen LogP contribution < -0.4 is 0 Å². The second-order valence-electron chi connectivity index (χ2n) is 5.88. The molecule has 0 spiro atoms. The van der Waals surface area contributed by atoms with E-state index < -0.39 is 17.0 Å². The van der Waals surface area contributed by atoms with E-state index >= 15 is 0 Å². The molecular formula is C13H22O4. The second kappa shape index (κ2) is 5.07. The molecule has 1 rings (SSSR count). The largest absolute Gasteiger partial charge is 0.481 e. The summed E-state index contributed by atoms with van der Waals surface area (Å²) in [6, 6.07) is 0. The lowest BCUT2D eigenvalue weighted by Gasteiger charge is -2.30. The number of hydrogen-bond donors (Lipinski definition) is 1. The van der Waals surface area contributed by atoms with E-state index in [0.717, 1.165) is 25.7 Å². The lowest BCUT2D eigenvalue weighted by atomic mass is 9.81. The lowest BCUT2D eigenvalue weighted by molar-refractivity contribution is -0.168. The van der Waals surface area contributed by atoms with Crippen molar-refractivity contribution in [2.24, 2.45) is 5.41 Å². The van der Waals surface area contributed by atoms with Crippen LogP contribution >= 0.6 is 0 Å². The van der Waals surface area contributed by atoms with Crippen LogP contribution in [-0.2, 0) is 14.3 Å². The Balaban J connectivity index is 2.70. The minimum absolute atomic E-state index is 0.0409. The van der Waals surface area contributed by atoms with Crippen LogP contribution in [-0.4, -0.2) is 22.6 Å². The van der Waals surface area contributed by atoms with Crippen molar-refractivity contribution in [2.75, 3.05) is 0 Å². The average Bonchev–Trinajstić information content (AvgIpc) is 2.61. The highest BCUT2D eigenvalue weighted by Gasteiger charge is 2.43. The normalized spacial score (nSPS) is 19.0. The molecule has 0 saturated heterocycles. The molecule has 0 heterocycles. The van der Waals surface area contributed by atoms with Crippen molar-refractivity contribution in [1.29, 1.82) is 0 Å². The minimum Gasteiger partial charge on any atom is -0.481 e. The molecule has 0 radical (unpaired) electrons. The molecule has 4 heteroatoms. The predicted octanol–water partition coefficient (Wildman–Crippen LogP) is 2.75. The first-order valence-electron chi connectivity index (χ1n) is 6.20. The smallest absolute Gasteiger partial charge is 0.312 e. The van der Waals surface area contributed by atoms with Crippen molar-refractivity contribution in [3.05, 3.63) is 0 Å². The first-order valence-corrected chi connectivity index (χ1v) is 6.20. The van der Waals surface area contributed by atoms with Gasteiger partial charge in [0, 0.05) is 6.42 Å². The van der Waals surface area contributed by atoms with Gasteiger partial charge in [-0.05, 0) is 40.0 Å². The van der Waals surface area contributed by atoms with Gasteiger partial charge in [0.2, 0.25) is 0 Å². The van der Waals surface area contributed by atoms with Gasteiger partial charge in [-0.25, -0.2) is 0 Å². The molecule has 0 aromatic rings. The van der Waals surface area contributed by atoms with Gasteiger partial charge < -0.3 is 9.84 Å². The number of carboxylic acids is 1. The molecule has 1 aliphatic rings. The second-order valence-corrected chi connectivity index (χ2v) is 5.88. The molecule has 1 aliphatic carbocycles. The molecule has 1 N–H and O–H groups in total. The van der Waals surface area contributed by atoms with Crippen molar-refractivity contribution in [3.63, 3.8) is 0 Å². The summed E-state index contributed by atoms with van der Waals surface area (Å²) in [5, 5.41) is 8.75. The Morgan fingerprint density at radius 1 is 1.24 bits per heavy atom. The molecular weight excluding hydrogens is 220 g/mol. The van der Waals surface area contributed by atoms with Crippen LogP contribution in [0.5, 0.6) is 0 Å². The molecule has 1 fully saturated rings. The third-order valence-electron chi connectivity index (χ3n) is 3.21. The number of carboxylic acid groups (broad SMARTS) is 1. The Morgan fingerprint density at radius 2 is 1.76 bits per heavy atom. The van der Waals surface area contributed by atoms with Gasteiger partial charge in [-0.1, -0.05) is 12.8 Å². The summed E-state index contributed by atoms with van der Waals surface area (Å²) >= 11 is 0. The Labute approximate surface area is 102 Å². The first kappa shape index (κ1) is 14.0. The number of rotatable bonds is 4. The maximum absolute atomic E-state index is 12.2. The van der Waals surface area contributed by atoms with Crippen molar-refractivity contribution in [2.45, 2.75) is 64.9 Å². The molecule has 0 atom stereocenters. The van der Waals surface area contributed by atoms with Gasteiger partial charge >= 0.3 is 11.9 Å². The van der Waals surface area contributed by atoms with Crippen molar-refractivity contribution in [3.8, 4) is 0 Å². The summed E-state index contributed by atoms with van der Waals surface area (Å²) in [5.41, 5.74) is -1.05. The van der Waals surface area contributed by atoms with E-state index in [4.69, 9.17) is 9.84 Å². The van der Waals surface area contributed by atoms with E-state index in [-0.39, 0.29) is 12.4 Å². The van der Waals surface area contributed by atoms with E-state index in [0.29, 0.717) is 6.42 Å². The Bertz CT molecular complexity index is 295. The molecule has 0 aromatic heterocycles. The molecule has 4 nitrogen and oxygen atoms in total. The number of aliphatic carboxylic acids is 1. The number of esters is 1. The SMILES string of the molecule is CC(C)(C)OC(=O)C1(CCC(=O)O)CCCC1. The van der Waals surface area contributed by atoms with Crippen molar-refractivity contribution >= 4 is 11.9 Å². The van der Waals surface area contributed by atoms with Crippen LogP contribution in [0.1, 0.15) is 59.3 Å². The average molecular weight is 242 g/mol. The van der Waals surface area contributed by atoms with Crippen molar-refractivity contribution in [1.82, 2.24) is 0 Å². The summed E-state index contributed by atoms with van der Waals surface area (Å²) in [5.74, 6) is -1.07. The number of carbonyl (C=O) groups is 2. The third-order valence-corrected chi connectivity index (χ3v) is 3.21. The number of ether oxygens (including phenoxy) is 1. The molecule has 98 valence electrons. The van der Waals surface area contributed by atoms with Crippen LogP contribution in [0.2, 0.25) is 0 Å². The summed E-state index contributed by atoms with van der Waals surface area (Å²) < 4.78 is 5.43. The fraction of sp³-hybridized carbons (Fsp3) is 0.846. The van der Waals surface area contributed by atoms with Gasteiger partial charge in [-0.15, -0.1) is 0 Å². The van der Waals surface area contributed by atoms with Crippen LogP contribution in [0, 0.1) is 5.41 Å². The minimum atomic E-state index is -0.847. The van der Waals surface area contributed by atoms with E-state index in [1.165, 1.54) is 0 Å². The monoisotopic (exact) mass is 242 g/mol. The standard InChI is InChI=1S/C13H22O4/c1-12(2,3)17-11(16)13(7-4-5-8-13)9-6-10(14)15/h4-9H2,1-3H3,(H,14,15). The highest BCUT2D eigenvalue weighted by atomic mass is 16.6. The number of hydrogen-bond acceptors (Lipinski definition) is 3. The van der Waals surface area contributed by atoms with Gasteiger partial charge in [0.05, 0.1) is 5.41 Å². The quantitative estimate of drug-likeness (QED) is 0.770. The zero-order valence-electron chi connectivity index (χ0n) is 10.9. The molecule has 1 saturated carbocycles. The fourth-order valence-electron chi connectivity index (χ4n) is 2.34. The topological polar surface area (TPSA) is 63.6 Å². The van der Waals surface area contributed by atoms with E-state index in [1.54, 1.807) is 0 Å². The van der Waals surface area contributed by atoms with Gasteiger partial charge in [-0.3, -0.25) is 9.59 Å². The number of carbonyl (C=O) groups excluding carboxylic acids is 1. The van der Waals surface area contributed by atoms with Crippen LogP contribution in [0.25, 0.3) is 0 Å². The molecule has 0 bridgehead atoms. The van der Waals surface area contributed by atoms with Gasteiger partial charge in [-0.2, -0.15) is 0 Å². The van der Waals surface area contributed by atoms with Gasteiger partial charge in [0.25, 0.3) is 0 Å². The maximum Gasteiger partial charge on any atom is 0.312 e. The maximum atomic E-state index is 12.2. The van der Waals surface area contributed by atoms with Crippen LogP contribution in [0.15, 0.2) is 0 Å². The molecule has 17 heavy (non-hydrogen) atoms. The zero-order chi connectivity index (χ0) is 13.1. The molecule has 0 aromatic carbocycles. The third kappa shape index (κ3) is 4.02. The van der Waals surface area contributed by atoms with Crippen LogP contribution in [0.3, 0.4) is 0 Å².